The number of benzene rings is 1. The number of carbonyl (C=O) groups is 1. The Morgan fingerprint density at radius 1 is 1.25 bits per heavy atom. The van der Waals surface area contributed by atoms with Crippen molar-refractivity contribution in [2.75, 3.05) is 6.61 Å². The maximum atomic E-state index is 12.1. The minimum absolute atomic E-state index is 0.153. The van der Waals surface area contributed by atoms with Crippen LogP contribution in [0.2, 0.25) is 0 Å². The van der Waals surface area contributed by atoms with E-state index in [9.17, 15) is 17.7 Å². The van der Waals surface area contributed by atoms with Crippen molar-refractivity contribution in [3.8, 4) is 0 Å². The molecule has 2 nitrogen and oxygen atoms in total. The fraction of sp³-hybridized carbons (Fsp3) is 0.300. The minimum Gasteiger partial charge on any atom is -0.462 e. The first kappa shape index (κ1) is 12.6. The lowest BCUT2D eigenvalue weighted by Crippen LogP contribution is -2.19. The van der Waals surface area contributed by atoms with E-state index < -0.39 is 19.3 Å². The van der Waals surface area contributed by atoms with Crippen LogP contribution < -0.4 is 0 Å². The molecule has 6 heteroatoms. The molecule has 0 aromatic heterocycles. The van der Waals surface area contributed by atoms with Crippen molar-refractivity contribution in [3.05, 3.63) is 35.4 Å². The topological polar surface area (TPSA) is 26.3 Å². The third kappa shape index (κ3) is 3.96. The van der Waals surface area contributed by atoms with Gasteiger partial charge in [-0.3, -0.25) is 0 Å². The van der Waals surface area contributed by atoms with Gasteiger partial charge in [-0.1, -0.05) is 24.0 Å². The van der Waals surface area contributed by atoms with Crippen molar-refractivity contribution in [1.82, 2.24) is 0 Å². The lowest BCUT2D eigenvalue weighted by Gasteiger charge is -2.13. The molecule has 0 aliphatic carbocycles. The van der Waals surface area contributed by atoms with Gasteiger partial charge in [-0.15, -0.1) is 0 Å². The van der Waals surface area contributed by atoms with Gasteiger partial charge in [0, 0.05) is 0 Å². The fourth-order valence-electron chi connectivity index (χ4n) is 1.26. The van der Waals surface area contributed by atoms with Crippen LogP contribution in [0.5, 0.6) is 0 Å². The van der Waals surface area contributed by atoms with Crippen LogP contribution in [0.4, 0.5) is 12.9 Å². The largest absolute Gasteiger partial charge is 0.482 e. The van der Waals surface area contributed by atoms with Gasteiger partial charge in [-0.25, -0.2) is 4.79 Å². The highest BCUT2D eigenvalue weighted by molar-refractivity contribution is 6.57. The summed E-state index contributed by atoms with van der Waals surface area (Å²) in [5.41, 5.74) is 0.417. The van der Waals surface area contributed by atoms with E-state index in [4.69, 9.17) is 4.74 Å². The summed E-state index contributed by atoms with van der Waals surface area (Å²) in [6.07, 6.45) is -0.927. The standard InChI is InChI=1S/C10H11BF3O2/c1-2-16-10(15)9-5-3-8(4-6-9)7-11(12,13)14/h3-6H,2,7H2,1H3/q-1. The van der Waals surface area contributed by atoms with Gasteiger partial charge in [0.25, 0.3) is 0 Å². The number of hydrogen-bond donors (Lipinski definition) is 0. The highest BCUT2D eigenvalue weighted by Crippen LogP contribution is 2.16. The van der Waals surface area contributed by atoms with Crippen LogP contribution in [0, 0.1) is 0 Å². The van der Waals surface area contributed by atoms with Crippen LogP contribution >= 0.6 is 0 Å². The molecule has 0 aliphatic heterocycles. The first-order valence-electron chi connectivity index (χ1n) is 4.89. The molecule has 0 unspecified atom stereocenters. The van der Waals surface area contributed by atoms with Crippen molar-refractivity contribution in [2.45, 2.75) is 13.2 Å². The van der Waals surface area contributed by atoms with Gasteiger partial charge in [-0.2, -0.15) is 0 Å². The summed E-state index contributed by atoms with van der Waals surface area (Å²) in [5.74, 6) is -0.522. The highest BCUT2D eigenvalue weighted by atomic mass is 19.4. The first-order valence-corrected chi connectivity index (χ1v) is 4.89. The molecule has 0 spiro atoms. The molecule has 0 radical (unpaired) electrons. The molecule has 0 N–H and O–H groups in total. The fourth-order valence-corrected chi connectivity index (χ4v) is 1.26. The molecule has 0 saturated heterocycles. The Hall–Kier alpha value is -1.46. The second kappa shape index (κ2) is 5.05. The zero-order valence-electron chi connectivity index (χ0n) is 8.75. The molecule has 0 atom stereocenters. The number of ether oxygens (including phenoxy) is 1. The van der Waals surface area contributed by atoms with E-state index in [1.807, 2.05) is 0 Å². The summed E-state index contributed by atoms with van der Waals surface area (Å²) < 4.78 is 41.0. The third-order valence-electron chi connectivity index (χ3n) is 1.93. The van der Waals surface area contributed by atoms with Crippen LogP contribution in [0.25, 0.3) is 0 Å². The number of carbonyl (C=O) groups excluding carboxylic acids is 1. The molecule has 0 amide bonds. The molecule has 1 aromatic carbocycles. The normalized spacial score (nSPS) is 11.2. The minimum atomic E-state index is -4.84. The van der Waals surface area contributed by atoms with Gasteiger partial charge in [0.1, 0.15) is 0 Å². The van der Waals surface area contributed by atoms with Gasteiger partial charge in [0.05, 0.1) is 12.2 Å². The van der Waals surface area contributed by atoms with Crippen molar-refractivity contribution in [2.24, 2.45) is 0 Å². The molecule has 88 valence electrons. The molecule has 1 aromatic rings. The van der Waals surface area contributed by atoms with E-state index >= 15 is 0 Å². The second-order valence-electron chi connectivity index (χ2n) is 3.33. The van der Waals surface area contributed by atoms with E-state index in [1.54, 1.807) is 6.92 Å². The van der Waals surface area contributed by atoms with E-state index in [1.165, 1.54) is 24.3 Å². The smallest absolute Gasteiger partial charge is 0.462 e. The Kier molecular flexibility index (Phi) is 3.98. The molecular weight excluding hydrogens is 220 g/mol. The Bertz CT molecular complexity index is 359. The van der Waals surface area contributed by atoms with Crippen molar-refractivity contribution < 1.29 is 22.5 Å². The zero-order chi connectivity index (χ0) is 12.2. The predicted molar refractivity (Wildman–Crippen MR) is 55.2 cm³/mol. The number of esters is 1. The Balaban J connectivity index is 2.72. The Morgan fingerprint density at radius 3 is 2.25 bits per heavy atom. The van der Waals surface area contributed by atoms with Crippen LogP contribution in [0.1, 0.15) is 22.8 Å². The quantitative estimate of drug-likeness (QED) is 0.588. The summed E-state index contributed by atoms with van der Waals surface area (Å²) >= 11 is 0. The van der Waals surface area contributed by atoms with Gasteiger partial charge in [-0.05, 0) is 19.1 Å². The average Bonchev–Trinajstić information content (AvgIpc) is 2.16. The molecule has 0 aliphatic rings. The zero-order valence-corrected chi connectivity index (χ0v) is 8.75. The maximum absolute atomic E-state index is 12.1. The van der Waals surface area contributed by atoms with Crippen molar-refractivity contribution in [3.63, 3.8) is 0 Å². The number of hydrogen-bond acceptors (Lipinski definition) is 2. The van der Waals surface area contributed by atoms with E-state index in [0.29, 0.717) is 0 Å². The predicted octanol–water partition coefficient (Wildman–Crippen LogP) is 2.79. The molecule has 0 saturated carbocycles. The number of halogens is 3. The molecule has 16 heavy (non-hydrogen) atoms. The molecular formula is C10H11BF3O2-. The molecule has 0 bridgehead atoms. The highest BCUT2D eigenvalue weighted by Gasteiger charge is 2.23. The SMILES string of the molecule is CCOC(=O)c1ccc(C[B-](F)(F)F)cc1. The van der Waals surface area contributed by atoms with Gasteiger partial charge >= 0.3 is 12.9 Å². The van der Waals surface area contributed by atoms with Gasteiger partial charge in [0.2, 0.25) is 0 Å². The van der Waals surface area contributed by atoms with Crippen molar-refractivity contribution >= 4 is 12.9 Å². The molecule has 1 rings (SSSR count). The number of rotatable bonds is 4. The third-order valence-corrected chi connectivity index (χ3v) is 1.93. The van der Waals surface area contributed by atoms with E-state index in [0.717, 1.165) is 0 Å². The van der Waals surface area contributed by atoms with Gasteiger partial charge in [0.15, 0.2) is 0 Å². The van der Waals surface area contributed by atoms with Crippen molar-refractivity contribution in [1.29, 1.82) is 0 Å². The lowest BCUT2D eigenvalue weighted by molar-refractivity contribution is 0.0526. The second-order valence-corrected chi connectivity index (χ2v) is 3.33. The van der Waals surface area contributed by atoms with Gasteiger partial charge < -0.3 is 17.7 Å². The summed E-state index contributed by atoms with van der Waals surface area (Å²) in [7, 11) is 0. The summed E-state index contributed by atoms with van der Waals surface area (Å²) in [4.78, 5) is 11.2. The van der Waals surface area contributed by atoms with Crippen LogP contribution in [-0.2, 0) is 11.1 Å². The maximum Gasteiger partial charge on any atom is 0.482 e. The van der Waals surface area contributed by atoms with E-state index in [-0.39, 0.29) is 17.7 Å². The monoisotopic (exact) mass is 231 g/mol. The molecule has 0 heterocycles. The van der Waals surface area contributed by atoms with Crippen LogP contribution in [0.3, 0.4) is 0 Å². The average molecular weight is 231 g/mol. The van der Waals surface area contributed by atoms with Crippen LogP contribution in [-0.4, -0.2) is 19.6 Å². The lowest BCUT2D eigenvalue weighted by atomic mass is 9.82. The Labute approximate surface area is 91.5 Å². The summed E-state index contributed by atoms with van der Waals surface area (Å²) in [6, 6.07) is 5.27. The summed E-state index contributed by atoms with van der Waals surface area (Å²) in [6.45, 7) is -2.93. The molecule has 0 fully saturated rings. The van der Waals surface area contributed by atoms with E-state index in [2.05, 4.69) is 0 Å². The Morgan fingerprint density at radius 2 is 1.81 bits per heavy atom. The van der Waals surface area contributed by atoms with Crippen LogP contribution in [0.15, 0.2) is 24.3 Å². The first-order chi connectivity index (χ1) is 7.42. The summed E-state index contributed by atoms with van der Waals surface area (Å²) in [5, 5.41) is 0.